The summed E-state index contributed by atoms with van der Waals surface area (Å²) in [5, 5.41) is 2.38. The van der Waals surface area contributed by atoms with Crippen LogP contribution in [0.25, 0.3) is 0 Å². The largest absolute Gasteiger partial charge is 0.368 e. The average molecular weight is 189 g/mol. The molecule has 0 unspecified atom stereocenters. The molecule has 0 saturated carbocycles. The molecule has 6 nitrogen and oxygen atoms in total. The number of carbonyl (C=O) groups excluding carboxylic acids is 2. The maximum Gasteiger partial charge on any atom is 0.243 e. The molecule has 0 fully saturated rings. The fraction of sp³-hybridized carbons (Fsp3) is 0.714. The van der Waals surface area contributed by atoms with Gasteiger partial charge in [-0.2, -0.15) is 0 Å². The van der Waals surface area contributed by atoms with Crippen molar-refractivity contribution in [1.29, 1.82) is 0 Å². The van der Waals surface area contributed by atoms with Crippen LogP contribution in [0, 0.1) is 0 Å². The van der Waals surface area contributed by atoms with E-state index in [1.807, 2.05) is 0 Å². The number of nitrogens with two attached hydrogens (primary N) is 2. The van der Waals surface area contributed by atoms with Gasteiger partial charge < -0.3 is 21.5 Å². The van der Waals surface area contributed by atoms with E-state index in [0.717, 1.165) is 0 Å². The second-order valence-electron chi connectivity index (χ2n) is 3.19. The van der Waals surface area contributed by atoms with E-state index in [1.165, 1.54) is 0 Å². The van der Waals surface area contributed by atoms with E-state index in [4.69, 9.17) is 16.2 Å². The van der Waals surface area contributed by atoms with Gasteiger partial charge in [-0.3, -0.25) is 9.59 Å². The minimum Gasteiger partial charge on any atom is -0.368 e. The molecule has 13 heavy (non-hydrogen) atoms. The van der Waals surface area contributed by atoms with Gasteiger partial charge in [0.15, 0.2) is 0 Å². The summed E-state index contributed by atoms with van der Waals surface area (Å²) in [7, 11) is 0. The Labute approximate surface area is 76.6 Å². The third kappa shape index (κ3) is 6.06. The van der Waals surface area contributed by atoms with Gasteiger partial charge in [0.05, 0.1) is 5.54 Å². The molecule has 0 aromatic carbocycles. The Kier molecular flexibility index (Phi) is 4.36. The van der Waals surface area contributed by atoms with Gasteiger partial charge >= 0.3 is 0 Å². The van der Waals surface area contributed by atoms with Crippen LogP contribution in [0.2, 0.25) is 0 Å². The smallest absolute Gasteiger partial charge is 0.243 e. The summed E-state index contributed by atoms with van der Waals surface area (Å²) in [6.45, 7) is 2.85. The molecular formula is C7H15N3O3. The van der Waals surface area contributed by atoms with E-state index < -0.39 is 11.4 Å². The second-order valence-corrected chi connectivity index (χ2v) is 3.19. The first-order valence-electron chi connectivity index (χ1n) is 3.77. The summed E-state index contributed by atoms with van der Waals surface area (Å²) < 4.78 is 4.70. The topological polar surface area (TPSA) is 107 Å². The van der Waals surface area contributed by atoms with E-state index in [0.29, 0.717) is 0 Å². The molecule has 0 aliphatic rings. The Hall–Kier alpha value is -1.14. The van der Waals surface area contributed by atoms with Crippen LogP contribution < -0.4 is 16.8 Å². The first-order chi connectivity index (χ1) is 5.84. The highest BCUT2D eigenvalue weighted by Crippen LogP contribution is 1.94. The molecule has 0 atom stereocenters. The maximum absolute atomic E-state index is 11.1. The van der Waals surface area contributed by atoms with Gasteiger partial charge in [0, 0.05) is 0 Å². The highest BCUT2D eigenvalue weighted by atomic mass is 16.5. The Morgan fingerprint density at radius 2 is 2.00 bits per heavy atom. The molecule has 0 aliphatic carbocycles. The Bertz CT molecular complexity index is 198. The second kappa shape index (κ2) is 4.78. The molecule has 0 aromatic rings. The van der Waals surface area contributed by atoms with Gasteiger partial charge in [-0.1, -0.05) is 0 Å². The van der Waals surface area contributed by atoms with Crippen LogP contribution in [0.4, 0.5) is 0 Å². The number of amides is 2. The van der Waals surface area contributed by atoms with Crippen molar-refractivity contribution in [3.63, 3.8) is 0 Å². The molecule has 0 radical (unpaired) electrons. The van der Waals surface area contributed by atoms with Crippen molar-refractivity contribution in [3.05, 3.63) is 0 Å². The standard InChI is InChI=1S/C7H15N3O3/c1-7(2,9)6(12)10-4-13-3-5(8)11/h3-4,9H2,1-2H3,(H2,8,11)(H,10,12). The zero-order chi connectivity index (χ0) is 10.5. The molecule has 0 spiro atoms. The van der Waals surface area contributed by atoms with Crippen molar-refractivity contribution in [2.24, 2.45) is 11.5 Å². The minimum atomic E-state index is -0.948. The van der Waals surface area contributed by atoms with Crippen molar-refractivity contribution < 1.29 is 14.3 Å². The van der Waals surface area contributed by atoms with Crippen LogP contribution in [0.5, 0.6) is 0 Å². The number of hydrogen-bond donors (Lipinski definition) is 3. The SMILES string of the molecule is CC(C)(N)C(=O)NCOCC(N)=O. The highest BCUT2D eigenvalue weighted by Gasteiger charge is 2.20. The number of carbonyl (C=O) groups is 2. The Morgan fingerprint density at radius 3 is 2.38 bits per heavy atom. The fourth-order valence-electron chi connectivity index (χ4n) is 0.496. The number of rotatable bonds is 5. The lowest BCUT2D eigenvalue weighted by molar-refractivity contribution is -0.129. The molecule has 76 valence electrons. The van der Waals surface area contributed by atoms with Gasteiger partial charge in [0.25, 0.3) is 0 Å². The summed E-state index contributed by atoms with van der Waals surface area (Å²) in [6, 6.07) is 0. The van der Waals surface area contributed by atoms with Crippen LogP contribution in [0.1, 0.15) is 13.8 Å². The average Bonchev–Trinajstić information content (AvgIpc) is 1.95. The van der Waals surface area contributed by atoms with E-state index in [2.05, 4.69) is 5.32 Å². The molecule has 0 saturated heterocycles. The van der Waals surface area contributed by atoms with Crippen molar-refractivity contribution in [2.45, 2.75) is 19.4 Å². The molecule has 5 N–H and O–H groups in total. The van der Waals surface area contributed by atoms with Crippen LogP contribution >= 0.6 is 0 Å². The van der Waals surface area contributed by atoms with Gasteiger partial charge in [-0.05, 0) is 13.8 Å². The summed E-state index contributed by atoms with van der Waals surface area (Å²) in [4.78, 5) is 21.3. The van der Waals surface area contributed by atoms with E-state index in [9.17, 15) is 9.59 Å². The Balaban J connectivity index is 3.55. The van der Waals surface area contributed by atoms with Crippen molar-refractivity contribution in [3.8, 4) is 0 Å². The first kappa shape index (κ1) is 11.9. The monoisotopic (exact) mass is 189 g/mol. The van der Waals surface area contributed by atoms with Gasteiger partial charge in [-0.15, -0.1) is 0 Å². The molecule has 2 amide bonds. The summed E-state index contributed by atoms with van der Waals surface area (Å²) in [6.07, 6.45) is 0. The first-order valence-corrected chi connectivity index (χ1v) is 3.77. The third-order valence-corrected chi connectivity index (χ3v) is 1.16. The predicted molar refractivity (Wildman–Crippen MR) is 46.4 cm³/mol. The van der Waals surface area contributed by atoms with Crippen LogP contribution in [-0.2, 0) is 14.3 Å². The normalized spacial score (nSPS) is 11.0. The zero-order valence-corrected chi connectivity index (χ0v) is 7.79. The van der Waals surface area contributed by atoms with Gasteiger partial charge in [-0.25, -0.2) is 0 Å². The zero-order valence-electron chi connectivity index (χ0n) is 7.79. The lowest BCUT2D eigenvalue weighted by atomic mass is 10.1. The highest BCUT2D eigenvalue weighted by molar-refractivity contribution is 5.84. The van der Waals surface area contributed by atoms with Gasteiger partial charge in [0.1, 0.15) is 13.3 Å². The van der Waals surface area contributed by atoms with E-state index in [-0.39, 0.29) is 19.2 Å². The summed E-state index contributed by atoms with van der Waals surface area (Å²) >= 11 is 0. The van der Waals surface area contributed by atoms with Crippen LogP contribution in [0.15, 0.2) is 0 Å². The van der Waals surface area contributed by atoms with Crippen LogP contribution in [0.3, 0.4) is 0 Å². The maximum atomic E-state index is 11.1. The molecule has 0 heterocycles. The third-order valence-electron chi connectivity index (χ3n) is 1.16. The molecule has 6 heteroatoms. The fourth-order valence-corrected chi connectivity index (χ4v) is 0.496. The van der Waals surface area contributed by atoms with Crippen molar-refractivity contribution in [1.82, 2.24) is 5.32 Å². The molecular weight excluding hydrogens is 174 g/mol. The molecule has 0 aromatic heterocycles. The number of primary amides is 1. The molecule has 0 bridgehead atoms. The predicted octanol–water partition coefficient (Wildman–Crippen LogP) is -1.70. The Morgan fingerprint density at radius 1 is 1.46 bits per heavy atom. The minimum absolute atomic E-state index is 0.0671. The lowest BCUT2D eigenvalue weighted by Gasteiger charge is -2.17. The number of nitrogens with one attached hydrogen (secondary N) is 1. The number of ether oxygens (including phenoxy) is 1. The number of hydrogen-bond acceptors (Lipinski definition) is 4. The molecule has 0 aliphatic heterocycles. The van der Waals surface area contributed by atoms with Crippen molar-refractivity contribution >= 4 is 11.8 Å². The molecule has 0 rings (SSSR count). The quantitative estimate of drug-likeness (QED) is 0.354. The summed E-state index contributed by atoms with van der Waals surface area (Å²) in [5.41, 5.74) is 9.31. The van der Waals surface area contributed by atoms with Crippen molar-refractivity contribution in [2.75, 3.05) is 13.3 Å². The van der Waals surface area contributed by atoms with Crippen LogP contribution in [-0.4, -0.2) is 30.7 Å². The van der Waals surface area contributed by atoms with E-state index in [1.54, 1.807) is 13.8 Å². The lowest BCUT2D eigenvalue weighted by Crippen LogP contribution is -2.49. The summed E-state index contributed by atoms with van der Waals surface area (Å²) in [5.74, 6) is -0.932. The van der Waals surface area contributed by atoms with Gasteiger partial charge in [0.2, 0.25) is 11.8 Å². The van der Waals surface area contributed by atoms with E-state index >= 15 is 0 Å².